The Morgan fingerprint density at radius 2 is 1.90 bits per heavy atom. The number of hydrogen-bond donors (Lipinski definition) is 3. The molecule has 0 heterocycles. The second kappa shape index (κ2) is 2.95. The summed E-state index contributed by atoms with van der Waals surface area (Å²) in [7, 11) is -4.40. The molecular weight excluding hydrogens is 164 g/mol. The monoisotopic (exact) mass is 170 g/mol. The average Bonchev–Trinajstić information content (AvgIpc) is 1.60. The van der Waals surface area contributed by atoms with Crippen LogP contribution in [0.1, 0.15) is 0 Å². The molecule has 0 amide bonds. The lowest BCUT2D eigenvalue weighted by atomic mass is 10.4. The number of carbonyl (C=O) groups is 1. The number of carboxylic acid groups (broad SMARTS) is 1. The SMILES string of the molecule is O=C(O)[C@H](O)CS(=O)(=O)O. The van der Waals surface area contributed by atoms with Gasteiger partial charge in [-0.1, -0.05) is 0 Å². The second-order valence-corrected chi connectivity index (χ2v) is 3.10. The van der Waals surface area contributed by atoms with E-state index in [1.807, 2.05) is 0 Å². The zero-order valence-electron chi connectivity index (χ0n) is 4.76. The van der Waals surface area contributed by atoms with Gasteiger partial charge in [-0.25, -0.2) is 4.79 Å². The molecule has 0 saturated heterocycles. The van der Waals surface area contributed by atoms with E-state index in [2.05, 4.69) is 0 Å². The molecule has 0 aromatic rings. The van der Waals surface area contributed by atoms with Crippen molar-refractivity contribution >= 4 is 16.1 Å². The van der Waals surface area contributed by atoms with E-state index in [1.54, 1.807) is 0 Å². The summed E-state index contributed by atoms with van der Waals surface area (Å²) in [6.07, 6.45) is -2.06. The minimum absolute atomic E-state index is 1.18. The Morgan fingerprint density at radius 3 is 2.00 bits per heavy atom. The normalized spacial score (nSPS) is 14.6. The van der Waals surface area contributed by atoms with E-state index in [4.69, 9.17) is 14.8 Å². The van der Waals surface area contributed by atoms with E-state index in [9.17, 15) is 13.2 Å². The van der Waals surface area contributed by atoms with Crippen molar-refractivity contribution in [3.8, 4) is 0 Å². The molecule has 0 bridgehead atoms. The summed E-state index contributed by atoms with van der Waals surface area (Å²) in [6.45, 7) is 0. The van der Waals surface area contributed by atoms with Gasteiger partial charge in [0.05, 0.1) is 0 Å². The van der Waals surface area contributed by atoms with Crippen molar-refractivity contribution in [2.24, 2.45) is 0 Å². The minimum atomic E-state index is -4.40. The van der Waals surface area contributed by atoms with Gasteiger partial charge in [0, 0.05) is 0 Å². The van der Waals surface area contributed by atoms with Crippen LogP contribution < -0.4 is 0 Å². The molecule has 0 rings (SSSR count). The molecule has 0 spiro atoms. The summed E-state index contributed by atoms with van der Waals surface area (Å²) in [6, 6.07) is 0. The van der Waals surface area contributed by atoms with E-state index in [-0.39, 0.29) is 0 Å². The zero-order valence-corrected chi connectivity index (χ0v) is 5.58. The molecule has 0 aliphatic carbocycles. The quantitative estimate of drug-likeness (QED) is 0.436. The van der Waals surface area contributed by atoms with Crippen molar-refractivity contribution in [3.63, 3.8) is 0 Å². The predicted octanol–water partition coefficient (Wildman–Crippen LogP) is -1.68. The Morgan fingerprint density at radius 1 is 1.50 bits per heavy atom. The molecule has 0 aromatic heterocycles. The van der Waals surface area contributed by atoms with Gasteiger partial charge in [-0.2, -0.15) is 8.42 Å². The van der Waals surface area contributed by atoms with Crippen LogP contribution in [0.5, 0.6) is 0 Å². The predicted molar refractivity (Wildman–Crippen MR) is 30.1 cm³/mol. The van der Waals surface area contributed by atoms with E-state index in [0.717, 1.165) is 0 Å². The number of carboxylic acids is 1. The van der Waals surface area contributed by atoms with Crippen LogP contribution in [0.3, 0.4) is 0 Å². The molecule has 10 heavy (non-hydrogen) atoms. The number of aliphatic hydroxyl groups is 1. The number of hydrogen-bond acceptors (Lipinski definition) is 4. The third kappa shape index (κ3) is 4.24. The summed E-state index contributed by atoms with van der Waals surface area (Å²) in [5, 5.41) is 16.2. The fourth-order valence-corrected chi connectivity index (χ4v) is 0.812. The van der Waals surface area contributed by atoms with Crippen molar-refractivity contribution in [3.05, 3.63) is 0 Å². The lowest BCUT2D eigenvalue weighted by Crippen LogP contribution is -2.28. The molecule has 0 fully saturated rings. The highest BCUT2D eigenvalue weighted by Crippen LogP contribution is 1.89. The Balaban J connectivity index is 4.06. The topological polar surface area (TPSA) is 112 Å². The minimum Gasteiger partial charge on any atom is -0.479 e. The molecule has 0 unspecified atom stereocenters. The Labute approximate surface area is 56.8 Å². The van der Waals surface area contributed by atoms with Crippen LogP contribution in [0.15, 0.2) is 0 Å². The Kier molecular flexibility index (Phi) is 2.76. The van der Waals surface area contributed by atoms with Crippen LogP contribution in [0.4, 0.5) is 0 Å². The highest BCUT2D eigenvalue weighted by molar-refractivity contribution is 7.85. The van der Waals surface area contributed by atoms with E-state index in [1.165, 1.54) is 0 Å². The number of rotatable bonds is 3. The van der Waals surface area contributed by atoms with Crippen LogP contribution >= 0.6 is 0 Å². The summed E-state index contributed by atoms with van der Waals surface area (Å²) in [5.41, 5.74) is 0. The van der Waals surface area contributed by atoms with Crippen LogP contribution in [-0.2, 0) is 14.9 Å². The maximum absolute atomic E-state index is 9.88. The summed E-state index contributed by atoms with van der Waals surface area (Å²) >= 11 is 0. The largest absolute Gasteiger partial charge is 0.479 e. The van der Waals surface area contributed by atoms with Crippen molar-refractivity contribution in [2.45, 2.75) is 6.10 Å². The first kappa shape index (κ1) is 9.34. The van der Waals surface area contributed by atoms with Gasteiger partial charge in [0.15, 0.2) is 6.10 Å². The maximum atomic E-state index is 9.88. The lowest BCUT2D eigenvalue weighted by molar-refractivity contribution is -0.145. The standard InChI is InChI=1S/C3H6O6S/c4-2(3(5)6)1-10(7,8)9/h2,4H,1H2,(H,5,6)(H,7,8,9)/t2-/m1/s1. The molecule has 0 saturated carbocycles. The van der Waals surface area contributed by atoms with Gasteiger partial charge >= 0.3 is 5.97 Å². The molecule has 60 valence electrons. The average molecular weight is 170 g/mol. The van der Waals surface area contributed by atoms with Gasteiger partial charge in [-0.3, -0.25) is 4.55 Å². The molecule has 0 aromatic carbocycles. The first-order chi connectivity index (χ1) is 4.33. The highest BCUT2D eigenvalue weighted by Gasteiger charge is 2.20. The smallest absolute Gasteiger partial charge is 0.333 e. The highest BCUT2D eigenvalue weighted by atomic mass is 32.2. The van der Waals surface area contributed by atoms with Crippen LogP contribution in [-0.4, -0.2) is 41.0 Å². The molecule has 7 heteroatoms. The van der Waals surface area contributed by atoms with Gasteiger partial charge in [0.1, 0.15) is 5.75 Å². The number of aliphatic hydroxyl groups excluding tert-OH is 1. The van der Waals surface area contributed by atoms with Crippen molar-refractivity contribution < 1.29 is 28.0 Å². The summed E-state index contributed by atoms with van der Waals surface area (Å²) in [5.74, 6) is -2.86. The van der Waals surface area contributed by atoms with Gasteiger partial charge in [-0.15, -0.1) is 0 Å². The fraction of sp³-hybridized carbons (Fsp3) is 0.667. The van der Waals surface area contributed by atoms with Crippen LogP contribution in [0.25, 0.3) is 0 Å². The van der Waals surface area contributed by atoms with E-state index >= 15 is 0 Å². The molecular formula is C3H6O6S. The third-order valence-corrected chi connectivity index (χ3v) is 1.39. The molecule has 1 atom stereocenters. The van der Waals surface area contributed by atoms with Gasteiger partial charge < -0.3 is 10.2 Å². The van der Waals surface area contributed by atoms with Gasteiger partial charge in [-0.05, 0) is 0 Å². The molecule has 0 aliphatic rings. The molecule has 6 nitrogen and oxygen atoms in total. The maximum Gasteiger partial charge on any atom is 0.333 e. The van der Waals surface area contributed by atoms with E-state index < -0.39 is 27.9 Å². The zero-order chi connectivity index (χ0) is 8.36. The molecule has 0 radical (unpaired) electrons. The van der Waals surface area contributed by atoms with Crippen molar-refractivity contribution in [1.29, 1.82) is 0 Å². The van der Waals surface area contributed by atoms with Crippen molar-refractivity contribution in [2.75, 3.05) is 5.75 Å². The van der Waals surface area contributed by atoms with Gasteiger partial charge in [0.25, 0.3) is 10.1 Å². The Hall–Kier alpha value is -0.660. The first-order valence-electron chi connectivity index (χ1n) is 2.19. The lowest BCUT2D eigenvalue weighted by Gasteiger charge is -1.99. The third-order valence-electron chi connectivity index (χ3n) is 0.654. The Bertz CT molecular complexity index is 215. The molecule has 0 aliphatic heterocycles. The fourth-order valence-electron chi connectivity index (χ4n) is 0.271. The van der Waals surface area contributed by atoms with Crippen LogP contribution in [0.2, 0.25) is 0 Å². The second-order valence-electron chi connectivity index (χ2n) is 1.60. The number of aliphatic carboxylic acids is 1. The van der Waals surface area contributed by atoms with Crippen LogP contribution in [0, 0.1) is 0 Å². The summed E-state index contributed by atoms with van der Waals surface area (Å²) < 4.78 is 27.7. The first-order valence-corrected chi connectivity index (χ1v) is 3.80. The van der Waals surface area contributed by atoms with E-state index in [0.29, 0.717) is 0 Å². The van der Waals surface area contributed by atoms with Gasteiger partial charge in [0.2, 0.25) is 0 Å². The molecule has 3 N–H and O–H groups in total. The summed E-state index contributed by atoms with van der Waals surface area (Å²) in [4.78, 5) is 9.75. The van der Waals surface area contributed by atoms with Crippen molar-refractivity contribution in [1.82, 2.24) is 0 Å².